The molecule has 0 spiro atoms. The number of ether oxygens (including phenoxy) is 3. The molecule has 1 saturated carbocycles. The molecule has 0 aromatic carbocycles. The number of nitrogens with one attached hydrogen (secondary N) is 1. The van der Waals surface area contributed by atoms with E-state index in [9.17, 15) is 0 Å². The highest BCUT2D eigenvalue weighted by atomic mass is 16.5. The number of hydrogen-bond donors (Lipinski definition) is 1. The maximum absolute atomic E-state index is 6.11. The molecule has 1 aromatic rings. The Balaban J connectivity index is 1.30. The van der Waals surface area contributed by atoms with Gasteiger partial charge in [-0.2, -0.15) is 0 Å². The summed E-state index contributed by atoms with van der Waals surface area (Å²) < 4.78 is 17.9. The third kappa shape index (κ3) is 5.60. The van der Waals surface area contributed by atoms with Crippen molar-refractivity contribution < 1.29 is 14.2 Å². The summed E-state index contributed by atoms with van der Waals surface area (Å²) in [5, 5.41) is 3.49. The maximum Gasteiger partial charge on any atom is 0.213 e. The molecule has 2 atom stereocenters. The quantitative estimate of drug-likeness (QED) is 0.603. The Morgan fingerprint density at radius 1 is 1.17 bits per heavy atom. The van der Waals surface area contributed by atoms with Crippen LogP contribution >= 0.6 is 0 Å². The van der Waals surface area contributed by atoms with Gasteiger partial charge in [0.1, 0.15) is 12.2 Å². The van der Waals surface area contributed by atoms with Crippen LogP contribution < -0.4 is 10.1 Å². The summed E-state index contributed by atoms with van der Waals surface area (Å²) in [6.45, 7) is 3.91. The lowest BCUT2D eigenvalue weighted by Crippen LogP contribution is -2.53. The van der Waals surface area contributed by atoms with Gasteiger partial charge in [-0.3, -0.25) is 4.99 Å². The van der Waals surface area contributed by atoms with Crippen molar-refractivity contribution in [1.82, 2.24) is 15.2 Å². The molecule has 1 aromatic heterocycles. The third-order valence-corrected chi connectivity index (χ3v) is 6.07. The van der Waals surface area contributed by atoms with Crippen LogP contribution in [0.4, 0.5) is 0 Å². The lowest BCUT2D eigenvalue weighted by Gasteiger charge is -2.37. The van der Waals surface area contributed by atoms with E-state index in [0.29, 0.717) is 19.3 Å². The maximum atomic E-state index is 6.11. The molecule has 29 heavy (non-hydrogen) atoms. The zero-order valence-electron chi connectivity index (χ0n) is 17.5. The van der Waals surface area contributed by atoms with Crippen LogP contribution in [0.3, 0.4) is 0 Å². The van der Waals surface area contributed by atoms with E-state index in [2.05, 4.69) is 20.2 Å². The molecule has 4 rings (SSSR count). The average molecular weight is 403 g/mol. The first kappa shape index (κ1) is 20.4. The standard InChI is InChI=1S/C22H34N4O3/c1-23-22(26-11-13-28-20(16-26)19-8-5-12-27-19)25-15-17-9-10-24-21(14-17)29-18-6-3-2-4-7-18/h9-10,14,18-20H,2-8,11-13,15-16H2,1H3,(H,23,25). The Kier molecular flexibility index (Phi) is 7.22. The van der Waals surface area contributed by atoms with Gasteiger partial charge in [0.15, 0.2) is 5.96 Å². The van der Waals surface area contributed by atoms with Gasteiger partial charge in [-0.1, -0.05) is 6.42 Å². The van der Waals surface area contributed by atoms with Crippen molar-refractivity contribution in [3.8, 4) is 5.88 Å². The van der Waals surface area contributed by atoms with Crippen molar-refractivity contribution in [1.29, 1.82) is 0 Å². The Hall–Kier alpha value is -1.86. The molecule has 0 amide bonds. The number of morpholine rings is 1. The number of nitrogens with zero attached hydrogens (tertiary/aromatic N) is 3. The van der Waals surface area contributed by atoms with Gasteiger partial charge in [0, 0.05) is 45.6 Å². The number of hydrogen-bond acceptors (Lipinski definition) is 5. The van der Waals surface area contributed by atoms with Gasteiger partial charge >= 0.3 is 0 Å². The zero-order valence-corrected chi connectivity index (χ0v) is 17.5. The smallest absolute Gasteiger partial charge is 0.213 e. The third-order valence-electron chi connectivity index (χ3n) is 6.07. The molecule has 3 heterocycles. The normalized spacial score (nSPS) is 26.5. The van der Waals surface area contributed by atoms with Gasteiger partial charge < -0.3 is 24.4 Å². The van der Waals surface area contributed by atoms with Crippen LogP contribution in [0.5, 0.6) is 5.88 Å². The number of rotatable bonds is 5. The number of aromatic nitrogens is 1. The van der Waals surface area contributed by atoms with Gasteiger partial charge in [-0.15, -0.1) is 0 Å². The van der Waals surface area contributed by atoms with Crippen LogP contribution in [-0.2, 0) is 16.0 Å². The summed E-state index contributed by atoms with van der Waals surface area (Å²) in [5.41, 5.74) is 1.15. The van der Waals surface area contributed by atoms with E-state index in [1.54, 1.807) is 0 Å². The Morgan fingerprint density at radius 3 is 2.83 bits per heavy atom. The minimum Gasteiger partial charge on any atom is -0.474 e. The minimum atomic E-state index is 0.126. The molecule has 0 bridgehead atoms. The van der Waals surface area contributed by atoms with E-state index in [-0.39, 0.29) is 12.2 Å². The van der Waals surface area contributed by atoms with Crippen molar-refractivity contribution >= 4 is 5.96 Å². The molecule has 7 nitrogen and oxygen atoms in total. The molecule has 2 saturated heterocycles. The molecule has 160 valence electrons. The van der Waals surface area contributed by atoms with E-state index in [1.165, 1.54) is 19.3 Å². The first-order chi connectivity index (χ1) is 14.3. The molecular formula is C22H34N4O3. The number of pyridine rings is 1. The Morgan fingerprint density at radius 2 is 2.03 bits per heavy atom. The van der Waals surface area contributed by atoms with Crippen molar-refractivity contribution in [3.63, 3.8) is 0 Å². The first-order valence-electron chi connectivity index (χ1n) is 11.1. The second-order valence-electron chi connectivity index (χ2n) is 8.19. The number of guanidine groups is 1. The molecule has 3 fully saturated rings. The monoisotopic (exact) mass is 402 g/mol. The summed E-state index contributed by atoms with van der Waals surface area (Å²) in [4.78, 5) is 11.2. The lowest BCUT2D eigenvalue weighted by atomic mass is 9.98. The highest BCUT2D eigenvalue weighted by Crippen LogP contribution is 2.23. The summed E-state index contributed by atoms with van der Waals surface area (Å²) in [5.74, 6) is 1.64. The van der Waals surface area contributed by atoms with Crippen molar-refractivity contribution in [2.75, 3.05) is 33.4 Å². The zero-order chi connectivity index (χ0) is 19.9. The molecule has 0 radical (unpaired) electrons. The van der Waals surface area contributed by atoms with E-state index in [1.807, 2.05) is 25.4 Å². The topological polar surface area (TPSA) is 68.2 Å². The Labute approximate surface area is 173 Å². The van der Waals surface area contributed by atoms with Crippen LogP contribution in [0.15, 0.2) is 23.3 Å². The average Bonchev–Trinajstić information content (AvgIpc) is 3.31. The summed E-state index contributed by atoms with van der Waals surface area (Å²) in [6, 6.07) is 4.08. The molecule has 1 N–H and O–H groups in total. The highest BCUT2D eigenvalue weighted by Gasteiger charge is 2.32. The largest absolute Gasteiger partial charge is 0.474 e. The fourth-order valence-corrected chi connectivity index (χ4v) is 4.48. The summed E-state index contributed by atoms with van der Waals surface area (Å²) in [6.07, 6.45) is 10.8. The van der Waals surface area contributed by atoms with Gasteiger partial charge in [0.2, 0.25) is 5.88 Å². The molecule has 2 aliphatic heterocycles. The first-order valence-corrected chi connectivity index (χ1v) is 11.1. The van der Waals surface area contributed by atoms with Crippen molar-refractivity contribution in [2.24, 2.45) is 4.99 Å². The Bertz CT molecular complexity index is 672. The van der Waals surface area contributed by atoms with Gasteiger partial charge in [-0.25, -0.2) is 4.98 Å². The minimum absolute atomic E-state index is 0.126. The predicted molar refractivity (Wildman–Crippen MR) is 112 cm³/mol. The van der Waals surface area contributed by atoms with Crippen LogP contribution in [0, 0.1) is 0 Å². The summed E-state index contributed by atoms with van der Waals surface area (Å²) >= 11 is 0. The van der Waals surface area contributed by atoms with Gasteiger partial charge in [0.05, 0.1) is 12.7 Å². The van der Waals surface area contributed by atoms with E-state index < -0.39 is 0 Å². The van der Waals surface area contributed by atoms with Crippen LogP contribution in [-0.4, -0.2) is 67.5 Å². The van der Waals surface area contributed by atoms with E-state index >= 15 is 0 Å². The molecule has 2 unspecified atom stereocenters. The molecule has 3 aliphatic rings. The van der Waals surface area contributed by atoms with Crippen molar-refractivity contribution in [2.45, 2.75) is 69.8 Å². The lowest BCUT2D eigenvalue weighted by molar-refractivity contribution is -0.0817. The molecule has 7 heteroatoms. The predicted octanol–water partition coefficient (Wildman–Crippen LogP) is 2.75. The fraction of sp³-hybridized carbons (Fsp3) is 0.727. The van der Waals surface area contributed by atoms with Crippen molar-refractivity contribution in [3.05, 3.63) is 23.9 Å². The number of aliphatic imine (C=N–C) groups is 1. The second kappa shape index (κ2) is 10.3. The second-order valence-corrected chi connectivity index (χ2v) is 8.19. The SMILES string of the molecule is CN=C(NCc1ccnc(OC2CCCCC2)c1)N1CCOC(C2CCCO2)C1. The highest BCUT2D eigenvalue weighted by molar-refractivity contribution is 5.80. The van der Waals surface area contributed by atoms with E-state index in [0.717, 1.165) is 62.8 Å². The molecule has 1 aliphatic carbocycles. The summed E-state index contributed by atoms with van der Waals surface area (Å²) in [7, 11) is 1.84. The van der Waals surface area contributed by atoms with Gasteiger partial charge in [0.25, 0.3) is 0 Å². The van der Waals surface area contributed by atoms with Crippen LogP contribution in [0.2, 0.25) is 0 Å². The van der Waals surface area contributed by atoms with Crippen LogP contribution in [0.25, 0.3) is 0 Å². The van der Waals surface area contributed by atoms with Gasteiger partial charge in [-0.05, 0) is 50.2 Å². The van der Waals surface area contributed by atoms with E-state index in [4.69, 9.17) is 14.2 Å². The molecular weight excluding hydrogens is 368 g/mol. The fourth-order valence-electron chi connectivity index (χ4n) is 4.48. The van der Waals surface area contributed by atoms with Crippen LogP contribution in [0.1, 0.15) is 50.5 Å².